The van der Waals surface area contributed by atoms with Crippen LogP contribution in [0.5, 0.6) is 5.75 Å². The average molecular weight is 271 g/mol. The van der Waals surface area contributed by atoms with Crippen molar-refractivity contribution in [3.63, 3.8) is 0 Å². The first kappa shape index (κ1) is 11.3. The molecule has 4 rings (SSSR count). The number of nitrogens with one attached hydrogen (secondary N) is 1. The molecule has 0 radical (unpaired) electrons. The molecule has 0 saturated heterocycles. The fraction of sp³-hybridized carbons (Fsp3) is 0.286. The Balaban J connectivity index is 1.64. The van der Waals surface area contributed by atoms with E-state index < -0.39 is 0 Å². The number of hydrogen-bond acceptors (Lipinski definition) is 5. The minimum Gasteiger partial charge on any atom is -0.480 e. The zero-order chi connectivity index (χ0) is 12.7. The van der Waals surface area contributed by atoms with Crippen molar-refractivity contribution in [3.8, 4) is 5.75 Å². The zero-order valence-electron chi connectivity index (χ0n) is 10.3. The number of benzene rings is 1. The van der Waals surface area contributed by atoms with Gasteiger partial charge >= 0.3 is 0 Å². The Morgan fingerprint density at radius 2 is 2.21 bits per heavy atom. The van der Waals surface area contributed by atoms with Gasteiger partial charge in [0.15, 0.2) is 11.9 Å². The summed E-state index contributed by atoms with van der Waals surface area (Å²) in [5.41, 5.74) is 2.31. The van der Waals surface area contributed by atoms with E-state index in [9.17, 15) is 0 Å². The van der Waals surface area contributed by atoms with Crippen molar-refractivity contribution in [3.05, 3.63) is 47.5 Å². The molecule has 1 atom stereocenters. The molecule has 5 heteroatoms. The molecule has 2 aromatic rings. The van der Waals surface area contributed by atoms with E-state index in [1.165, 1.54) is 10.5 Å². The maximum absolute atomic E-state index is 6.01. The normalized spacial score (nSPS) is 20.5. The molecule has 0 amide bonds. The van der Waals surface area contributed by atoms with Crippen LogP contribution in [0.3, 0.4) is 0 Å². The Morgan fingerprint density at radius 1 is 1.26 bits per heavy atom. The van der Waals surface area contributed by atoms with E-state index in [4.69, 9.17) is 4.74 Å². The first-order chi connectivity index (χ1) is 9.40. The Hall–Kier alpha value is -1.59. The van der Waals surface area contributed by atoms with Crippen LogP contribution in [-0.2, 0) is 13.1 Å². The molecule has 0 saturated carbocycles. The van der Waals surface area contributed by atoms with Gasteiger partial charge in [-0.2, -0.15) is 0 Å². The summed E-state index contributed by atoms with van der Waals surface area (Å²) in [7, 11) is 0. The summed E-state index contributed by atoms with van der Waals surface area (Å²) in [6, 6.07) is 8.12. The van der Waals surface area contributed by atoms with E-state index in [1.54, 1.807) is 11.8 Å². The standard InChI is InChI=1S/C14H13N3OS/c1-2-4-13-11(3-1)18-12(8-19-13)14-16-6-9-5-15-7-10(9)17-14/h1-4,6,12,15H,5,7-8H2. The van der Waals surface area contributed by atoms with Crippen LogP contribution >= 0.6 is 11.8 Å². The van der Waals surface area contributed by atoms with E-state index in [0.29, 0.717) is 0 Å². The molecule has 0 aliphatic carbocycles. The zero-order valence-corrected chi connectivity index (χ0v) is 11.1. The van der Waals surface area contributed by atoms with Gasteiger partial charge in [0, 0.05) is 35.5 Å². The van der Waals surface area contributed by atoms with Gasteiger partial charge in [-0.1, -0.05) is 12.1 Å². The number of ether oxygens (including phenoxy) is 1. The maximum Gasteiger partial charge on any atom is 0.170 e. The predicted molar refractivity (Wildman–Crippen MR) is 73.1 cm³/mol. The van der Waals surface area contributed by atoms with Gasteiger partial charge in [0.1, 0.15) is 5.75 Å². The van der Waals surface area contributed by atoms with Crippen LogP contribution in [0.2, 0.25) is 0 Å². The van der Waals surface area contributed by atoms with Crippen LogP contribution in [0, 0.1) is 0 Å². The van der Waals surface area contributed by atoms with Gasteiger partial charge in [-0.25, -0.2) is 9.97 Å². The number of hydrogen-bond donors (Lipinski definition) is 1. The van der Waals surface area contributed by atoms with E-state index in [-0.39, 0.29) is 6.10 Å². The fourth-order valence-corrected chi connectivity index (χ4v) is 3.36. The lowest BCUT2D eigenvalue weighted by Gasteiger charge is -2.24. The van der Waals surface area contributed by atoms with Crippen LogP contribution in [0.25, 0.3) is 0 Å². The number of rotatable bonds is 1. The molecule has 3 heterocycles. The highest BCUT2D eigenvalue weighted by molar-refractivity contribution is 7.99. The number of para-hydroxylation sites is 1. The first-order valence-corrected chi connectivity index (χ1v) is 7.32. The van der Waals surface area contributed by atoms with Crippen molar-refractivity contribution < 1.29 is 4.74 Å². The molecule has 4 nitrogen and oxygen atoms in total. The van der Waals surface area contributed by atoms with Gasteiger partial charge in [0.25, 0.3) is 0 Å². The van der Waals surface area contributed by atoms with E-state index in [1.807, 2.05) is 24.4 Å². The highest BCUT2D eigenvalue weighted by Crippen LogP contribution is 2.39. The highest BCUT2D eigenvalue weighted by Gasteiger charge is 2.25. The average Bonchev–Trinajstić information content (AvgIpc) is 2.94. The molecule has 0 fully saturated rings. The third-order valence-corrected chi connectivity index (χ3v) is 4.49. The molecular formula is C14H13N3OS. The Bertz CT molecular complexity index is 632. The minimum atomic E-state index is -0.0502. The molecule has 0 spiro atoms. The molecule has 1 aromatic heterocycles. The molecule has 2 aliphatic rings. The first-order valence-electron chi connectivity index (χ1n) is 6.34. The summed E-state index contributed by atoms with van der Waals surface area (Å²) in [6.07, 6.45) is 1.87. The molecule has 1 N–H and O–H groups in total. The third-order valence-electron chi connectivity index (χ3n) is 3.38. The van der Waals surface area contributed by atoms with Crippen molar-refractivity contribution in [2.45, 2.75) is 24.1 Å². The lowest BCUT2D eigenvalue weighted by atomic mass is 10.2. The van der Waals surface area contributed by atoms with Crippen molar-refractivity contribution in [2.24, 2.45) is 0 Å². The summed E-state index contributed by atoms with van der Waals surface area (Å²) in [4.78, 5) is 10.3. The van der Waals surface area contributed by atoms with Crippen LogP contribution in [0.4, 0.5) is 0 Å². The van der Waals surface area contributed by atoms with Crippen LogP contribution in [0.1, 0.15) is 23.2 Å². The Morgan fingerprint density at radius 3 is 3.21 bits per heavy atom. The second kappa shape index (κ2) is 4.51. The van der Waals surface area contributed by atoms with Crippen molar-refractivity contribution in [1.82, 2.24) is 15.3 Å². The minimum absolute atomic E-state index is 0.0502. The molecule has 96 valence electrons. The van der Waals surface area contributed by atoms with Crippen molar-refractivity contribution in [1.29, 1.82) is 0 Å². The summed E-state index contributed by atoms with van der Waals surface area (Å²) in [6.45, 7) is 1.71. The number of nitrogens with zero attached hydrogens (tertiary/aromatic N) is 2. The lowest BCUT2D eigenvalue weighted by molar-refractivity contribution is 0.210. The van der Waals surface area contributed by atoms with Gasteiger partial charge < -0.3 is 10.1 Å². The topological polar surface area (TPSA) is 47.0 Å². The highest BCUT2D eigenvalue weighted by atomic mass is 32.2. The second-order valence-corrected chi connectivity index (χ2v) is 5.73. The summed E-state index contributed by atoms with van der Waals surface area (Å²) < 4.78 is 6.01. The fourth-order valence-electron chi connectivity index (χ4n) is 2.38. The van der Waals surface area contributed by atoms with E-state index in [0.717, 1.165) is 36.1 Å². The molecular weight excluding hydrogens is 258 g/mol. The Kier molecular flexibility index (Phi) is 2.67. The maximum atomic E-state index is 6.01. The molecule has 1 aromatic carbocycles. The van der Waals surface area contributed by atoms with Crippen LogP contribution in [0.15, 0.2) is 35.4 Å². The Labute approximate surface area is 115 Å². The summed E-state index contributed by atoms with van der Waals surface area (Å²) >= 11 is 1.80. The SMILES string of the molecule is c1ccc2c(c1)OC(c1ncc3c(n1)CNC3)CS2. The number of aromatic nitrogens is 2. The molecule has 0 bridgehead atoms. The van der Waals surface area contributed by atoms with Crippen LogP contribution in [-0.4, -0.2) is 15.7 Å². The summed E-state index contributed by atoms with van der Waals surface area (Å²) in [5.74, 6) is 2.60. The van der Waals surface area contributed by atoms with Gasteiger partial charge in [-0.15, -0.1) is 11.8 Å². The van der Waals surface area contributed by atoms with E-state index in [2.05, 4.69) is 21.4 Å². The van der Waals surface area contributed by atoms with Gasteiger partial charge in [-0.05, 0) is 12.1 Å². The number of fused-ring (bicyclic) bond motifs is 2. The monoisotopic (exact) mass is 271 g/mol. The molecule has 1 unspecified atom stereocenters. The predicted octanol–water partition coefficient (Wildman–Crippen LogP) is 2.31. The molecule has 2 aliphatic heterocycles. The smallest absolute Gasteiger partial charge is 0.170 e. The third kappa shape index (κ3) is 1.99. The van der Waals surface area contributed by atoms with Crippen molar-refractivity contribution in [2.75, 3.05) is 5.75 Å². The number of thioether (sulfide) groups is 1. The van der Waals surface area contributed by atoms with Gasteiger partial charge in [0.2, 0.25) is 0 Å². The quantitative estimate of drug-likeness (QED) is 0.862. The van der Waals surface area contributed by atoms with Gasteiger partial charge in [0.05, 0.1) is 5.69 Å². The summed E-state index contributed by atoms with van der Waals surface area (Å²) in [5, 5.41) is 3.28. The van der Waals surface area contributed by atoms with Gasteiger partial charge in [-0.3, -0.25) is 0 Å². The van der Waals surface area contributed by atoms with Crippen molar-refractivity contribution >= 4 is 11.8 Å². The molecule has 19 heavy (non-hydrogen) atoms. The lowest BCUT2D eigenvalue weighted by Crippen LogP contribution is -2.18. The van der Waals surface area contributed by atoms with E-state index >= 15 is 0 Å². The van der Waals surface area contributed by atoms with Crippen LogP contribution < -0.4 is 10.1 Å². The largest absolute Gasteiger partial charge is 0.480 e. The second-order valence-electron chi connectivity index (χ2n) is 4.67.